The number of benzene rings is 3. The molecule has 160 valence electrons. The molecule has 0 spiro atoms. The summed E-state index contributed by atoms with van der Waals surface area (Å²) in [6.45, 7) is 0. The van der Waals surface area contributed by atoms with Gasteiger partial charge in [-0.05, 0) is 34.8 Å². The van der Waals surface area contributed by atoms with E-state index in [4.69, 9.17) is 12.2 Å². The molecular formula is C26H21NO3S2. The van der Waals surface area contributed by atoms with Crippen LogP contribution in [-0.4, -0.2) is 32.2 Å². The smallest absolute Gasteiger partial charge is 0.327 e. The van der Waals surface area contributed by atoms with Gasteiger partial charge in [-0.3, -0.25) is 9.69 Å². The number of carbonyl (C=O) groups is 2. The highest BCUT2D eigenvalue weighted by Gasteiger charge is 2.40. The molecule has 3 aromatic rings. The van der Waals surface area contributed by atoms with Crippen molar-refractivity contribution in [3.8, 4) is 0 Å². The van der Waals surface area contributed by atoms with Crippen LogP contribution >= 0.6 is 24.0 Å². The molecule has 1 fully saturated rings. The lowest BCUT2D eigenvalue weighted by atomic mass is 9.99. The van der Waals surface area contributed by atoms with Crippen molar-refractivity contribution in [3.05, 3.63) is 112 Å². The first kappa shape index (κ1) is 22.0. The highest BCUT2D eigenvalue weighted by atomic mass is 32.2. The molecule has 32 heavy (non-hydrogen) atoms. The van der Waals surface area contributed by atoms with Crippen molar-refractivity contribution in [1.29, 1.82) is 0 Å². The van der Waals surface area contributed by atoms with Gasteiger partial charge < -0.3 is 5.11 Å². The molecule has 1 saturated heterocycles. The van der Waals surface area contributed by atoms with Crippen molar-refractivity contribution in [1.82, 2.24) is 4.90 Å². The number of aliphatic carboxylic acids is 1. The number of hydrogen-bond donors (Lipinski definition) is 1. The van der Waals surface area contributed by atoms with E-state index < -0.39 is 12.0 Å². The summed E-state index contributed by atoms with van der Waals surface area (Å²) >= 11 is 6.58. The Bertz CT molecular complexity index is 1180. The maximum absolute atomic E-state index is 13.2. The minimum atomic E-state index is -1.07. The Morgan fingerprint density at radius 1 is 0.938 bits per heavy atom. The molecule has 0 bridgehead atoms. The van der Waals surface area contributed by atoms with Crippen LogP contribution in [0.5, 0.6) is 0 Å². The predicted molar refractivity (Wildman–Crippen MR) is 132 cm³/mol. The van der Waals surface area contributed by atoms with Crippen LogP contribution in [0.25, 0.3) is 6.08 Å². The Balaban J connectivity index is 1.61. The molecule has 0 unspecified atom stereocenters. The molecule has 0 radical (unpaired) electrons. The van der Waals surface area contributed by atoms with E-state index in [1.807, 2.05) is 78.9 Å². The van der Waals surface area contributed by atoms with Gasteiger partial charge in [-0.2, -0.15) is 0 Å². The minimum absolute atomic E-state index is 0.195. The zero-order valence-corrected chi connectivity index (χ0v) is 18.8. The van der Waals surface area contributed by atoms with Crippen molar-refractivity contribution in [2.24, 2.45) is 0 Å². The number of amides is 1. The summed E-state index contributed by atoms with van der Waals surface area (Å²) in [5.41, 5.74) is 4.02. The van der Waals surface area contributed by atoms with Crippen LogP contribution in [0.2, 0.25) is 0 Å². The number of rotatable bonds is 7. The van der Waals surface area contributed by atoms with Gasteiger partial charge in [-0.15, -0.1) is 0 Å². The van der Waals surface area contributed by atoms with Crippen molar-refractivity contribution < 1.29 is 14.7 Å². The topological polar surface area (TPSA) is 57.6 Å². The predicted octanol–water partition coefficient (Wildman–Crippen LogP) is 5.17. The second-order valence-electron chi connectivity index (χ2n) is 7.46. The zero-order valence-electron chi connectivity index (χ0n) is 17.2. The summed E-state index contributed by atoms with van der Waals surface area (Å²) in [6, 6.07) is 26.2. The zero-order chi connectivity index (χ0) is 22.5. The molecule has 1 aliphatic heterocycles. The van der Waals surface area contributed by atoms with E-state index in [1.54, 1.807) is 0 Å². The van der Waals surface area contributed by atoms with Crippen LogP contribution in [0.3, 0.4) is 0 Å². The van der Waals surface area contributed by atoms with Gasteiger partial charge in [0.15, 0.2) is 0 Å². The van der Waals surface area contributed by atoms with Gasteiger partial charge in [0.25, 0.3) is 5.91 Å². The van der Waals surface area contributed by atoms with E-state index in [0.29, 0.717) is 4.91 Å². The van der Waals surface area contributed by atoms with E-state index in [2.05, 4.69) is 12.1 Å². The fourth-order valence-corrected chi connectivity index (χ4v) is 5.02. The maximum Gasteiger partial charge on any atom is 0.327 e. The quantitative estimate of drug-likeness (QED) is 0.390. The standard InChI is InChI=1S/C26H21NO3S2/c28-24-23(17-21-14-8-7-13-20(21)15-18-9-3-1-4-10-18)32-26(31)27(24)22(25(29)30)16-19-11-5-2-6-12-19/h1-14,17,22H,15-16H2,(H,29,30)/b23-17-/t22-/m0/s1. The maximum atomic E-state index is 13.2. The fourth-order valence-electron chi connectivity index (χ4n) is 3.67. The average Bonchev–Trinajstić information content (AvgIpc) is 3.07. The summed E-state index contributed by atoms with van der Waals surface area (Å²) in [7, 11) is 0. The highest BCUT2D eigenvalue weighted by Crippen LogP contribution is 2.35. The third kappa shape index (κ3) is 4.98. The second kappa shape index (κ2) is 9.94. The average molecular weight is 460 g/mol. The van der Waals surface area contributed by atoms with Gasteiger partial charge in [-0.25, -0.2) is 4.79 Å². The summed E-state index contributed by atoms with van der Waals surface area (Å²) in [5, 5.41) is 9.83. The lowest BCUT2D eigenvalue weighted by molar-refractivity contribution is -0.145. The molecule has 1 atom stereocenters. The molecule has 3 aromatic carbocycles. The molecule has 0 aliphatic carbocycles. The lowest BCUT2D eigenvalue weighted by Gasteiger charge is -2.23. The normalized spacial score (nSPS) is 15.9. The van der Waals surface area contributed by atoms with Crippen molar-refractivity contribution in [2.45, 2.75) is 18.9 Å². The van der Waals surface area contributed by atoms with Crippen LogP contribution in [0.15, 0.2) is 89.8 Å². The first-order valence-corrected chi connectivity index (χ1v) is 11.4. The lowest BCUT2D eigenvalue weighted by Crippen LogP contribution is -2.45. The van der Waals surface area contributed by atoms with E-state index in [1.165, 1.54) is 10.5 Å². The Labute approximate surface area is 196 Å². The Morgan fingerprint density at radius 2 is 1.53 bits per heavy atom. The number of carboxylic acid groups (broad SMARTS) is 1. The molecule has 0 aromatic heterocycles. The van der Waals surface area contributed by atoms with Crippen LogP contribution in [0, 0.1) is 0 Å². The SMILES string of the molecule is O=C(O)[C@H](Cc1ccccc1)N1C(=O)/C(=C/c2ccccc2Cc2ccccc2)SC1=S. The number of thioether (sulfide) groups is 1. The Morgan fingerprint density at radius 3 is 2.19 bits per heavy atom. The van der Waals surface area contributed by atoms with Gasteiger partial charge in [0.1, 0.15) is 10.4 Å². The van der Waals surface area contributed by atoms with Gasteiger partial charge in [0.2, 0.25) is 0 Å². The van der Waals surface area contributed by atoms with E-state index in [-0.39, 0.29) is 16.6 Å². The van der Waals surface area contributed by atoms with Crippen LogP contribution in [-0.2, 0) is 22.4 Å². The van der Waals surface area contributed by atoms with Gasteiger partial charge in [-0.1, -0.05) is 109 Å². The number of nitrogens with zero attached hydrogens (tertiary/aromatic N) is 1. The number of carboxylic acids is 1. The minimum Gasteiger partial charge on any atom is -0.480 e. The summed E-state index contributed by atoms with van der Waals surface area (Å²) in [6.07, 6.45) is 2.75. The summed E-state index contributed by atoms with van der Waals surface area (Å²) in [4.78, 5) is 26.9. The van der Waals surface area contributed by atoms with Gasteiger partial charge in [0, 0.05) is 6.42 Å². The third-order valence-electron chi connectivity index (χ3n) is 5.27. The number of thiocarbonyl (C=S) groups is 1. The van der Waals surface area contributed by atoms with Crippen molar-refractivity contribution >= 4 is 46.3 Å². The van der Waals surface area contributed by atoms with Crippen molar-refractivity contribution in [3.63, 3.8) is 0 Å². The molecule has 1 aliphatic rings. The summed E-state index contributed by atoms with van der Waals surface area (Å²) < 4.78 is 0.269. The molecule has 4 rings (SSSR count). The second-order valence-corrected chi connectivity index (χ2v) is 9.13. The van der Waals surface area contributed by atoms with Crippen LogP contribution in [0.1, 0.15) is 22.3 Å². The molecule has 1 N–H and O–H groups in total. The van der Waals surface area contributed by atoms with Crippen molar-refractivity contribution in [2.75, 3.05) is 0 Å². The van der Waals surface area contributed by atoms with E-state index >= 15 is 0 Å². The molecule has 6 heteroatoms. The van der Waals surface area contributed by atoms with Gasteiger partial charge in [0.05, 0.1) is 4.91 Å². The van der Waals surface area contributed by atoms with Gasteiger partial charge >= 0.3 is 5.97 Å². The summed E-state index contributed by atoms with van der Waals surface area (Å²) in [5.74, 6) is -1.44. The first-order valence-electron chi connectivity index (χ1n) is 10.2. The number of carbonyl (C=O) groups excluding carboxylic acids is 1. The highest BCUT2D eigenvalue weighted by molar-refractivity contribution is 8.26. The van der Waals surface area contributed by atoms with Crippen LogP contribution in [0.4, 0.5) is 0 Å². The molecule has 1 amide bonds. The Kier molecular flexibility index (Phi) is 6.83. The molecular weight excluding hydrogens is 438 g/mol. The third-order valence-corrected chi connectivity index (χ3v) is 6.60. The van der Waals surface area contributed by atoms with E-state index in [0.717, 1.165) is 34.9 Å². The molecule has 4 nitrogen and oxygen atoms in total. The van der Waals surface area contributed by atoms with E-state index in [9.17, 15) is 14.7 Å². The fraction of sp³-hybridized carbons (Fsp3) is 0.115. The Hall–Kier alpha value is -3.22. The molecule has 1 heterocycles. The number of hydrogen-bond acceptors (Lipinski definition) is 4. The monoisotopic (exact) mass is 459 g/mol. The largest absolute Gasteiger partial charge is 0.480 e. The first-order chi connectivity index (χ1) is 15.5. The van der Waals surface area contributed by atoms with Crippen LogP contribution < -0.4 is 0 Å². The molecule has 0 saturated carbocycles.